The van der Waals surface area contributed by atoms with Gasteiger partial charge in [-0.15, -0.1) is 0 Å². The molecule has 3 aromatic rings. The van der Waals surface area contributed by atoms with Crippen molar-refractivity contribution in [3.05, 3.63) is 77.9 Å². The number of nitrogen functional groups attached to an aromatic ring is 1. The van der Waals surface area contributed by atoms with Crippen LogP contribution in [-0.4, -0.2) is 31.4 Å². The number of benzene rings is 3. The van der Waals surface area contributed by atoms with Crippen molar-refractivity contribution < 1.29 is 18.3 Å². The fourth-order valence-corrected chi connectivity index (χ4v) is 3.65. The molecular formula is C22H23N3O4S. The molecule has 30 heavy (non-hydrogen) atoms. The van der Waals surface area contributed by atoms with Crippen molar-refractivity contribution in [3.8, 4) is 16.9 Å². The van der Waals surface area contributed by atoms with Gasteiger partial charge in [0.25, 0.3) is 5.91 Å². The number of anilines is 1. The maximum absolute atomic E-state index is 13.0. The molecule has 0 bridgehead atoms. The zero-order valence-corrected chi connectivity index (χ0v) is 17.4. The number of phenols is 1. The highest BCUT2D eigenvalue weighted by Crippen LogP contribution is 2.29. The molecule has 156 valence electrons. The third-order valence-corrected chi connectivity index (χ3v) is 5.95. The summed E-state index contributed by atoms with van der Waals surface area (Å²) < 4.78 is 23.2. The Labute approximate surface area is 175 Å². The summed E-state index contributed by atoms with van der Waals surface area (Å²) in [4.78, 5) is 14.2. The average molecular weight is 426 g/mol. The van der Waals surface area contributed by atoms with E-state index in [0.717, 1.165) is 34.9 Å². The molecular weight excluding hydrogens is 402 g/mol. The molecule has 0 aliphatic rings. The lowest BCUT2D eigenvalue weighted by Gasteiger charge is -2.26. The number of nitrogens with two attached hydrogens (primary N) is 2. The van der Waals surface area contributed by atoms with E-state index in [0.29, 0.717) is 5.69 Å². The number of sulfonamides is 1. The normalized spacial score (nSPS) is 12.4. The standard InChI is InChI=1S/C22H23N3O4S/c1-14(16-4-3-5-17(12-16)15-6-8-18(23)9-7-15)25(2)22(27)20-13-19(30(24,28)29)10-11-21(20)26/h3-14,26H,23H2,1-2H3,(H2,24,28,29). The van der Waals surface area contributed by atoms with E-state index < -0.39 is 15.9 Å². The number of primary sulfonamides is 1. The van der Waals surface area contributed by atoms with Crippen LogP contribution < -0.4 is 10.9 Å². The van der Waals surface area contributed by atoms with Crippen LogP contribution in [0.15, 0.2) is 71.6 Å². The summed E-state index contributed by atoms with van der Waals surface area (Å²) in [7, 11) is -2.41. The first-order valence-corrected chi connectivity index (χ1v) is 10.7. The first kappa shape index (κ1) is 21.4. The van der Waals surface area contributed by atoms with Crippen molar-refractivity contribution in [2.45, 2.75) is 17.9 Å². The molecule has 0 radical (unpaired) electrons. The Bertz CT molecular complexity index is 1190. The molecule has 0 aliphatic heterocycles. The van der Waals surface area contributed by atoms with Gasteiger partial charge in [0.05, 0.1) is 16.5 Å². The number of aromatic hydroxyl groups is 1. The zero-order chi connectivity index (χ0) is 22.1. The number of carbonyl (C=O) groups is 1. The first-order chi connectivity index (χ1) is 14.1. The summed E-state index contributed by atoms with van der Waals surface area (Å²) in [5, 5.41) is 15.2. The summed E-state index contributed by atoms with van der Waals surface area (Å²) in [6.45, 7) is 1.85. The van der Waals surface area contributed by atoms with Gasteiger partial charge in [0.15, 0.2) is 0 Å². The van der Waals surface area contributed by atoms with Crippen molar-refractivity contribution >= 4 is 21.6 Å². The van der Waals surface area contributed by atoms with Gasteiger partial charge in [-0.2, -0.15) is 0 Å². The molecule has 0 fully saturated rings. The summed E-state index contributed by atoms with van der Waals surface area (Å²) >= 11 is 0. The quantitative estimate of drug-likeness (QED) is 0.541. The van der Waals surface area contributed by atoms with Crippen LogP contribution in [0.4, 0.5) is 5.69 Å². The van der Waals surface area contributed by atoms with Crippen molar-refractivity contribution in [1.82, 2.24) is 4.90 Å². The molecule has 0 saturated heterocycles. The Morgan fingerprint density at radius 2 is 1.67 bits per heavy atom. The van der Waals surface area contributed by atoms with Gasteiger partial charge in [0.1, 0.15) is 5.75 Å². The van der Waals surface area contributed by atoms with E-state index in [1.54, 1.807) is 7.05 Å². The van der Waals surface area contributed by atoms with Gasteiger partial charge < -0.3 is 15.7 Å². The second kappa shape index (κ2) is 8.17. The number of nitrogens with zero attached hydrogens (tertiary/aromatic N) is 1. The molecule has 0 aliphatic carbocycles. The topological polar surface area (TPSA) is 127 Å². The zero-order valence-electron chi connectivity index (χ0n) is 16.6. The predicted molar refractivity (Wildman–Crippen MR) is 116 cm³/mol. The Hall–Kier alpha value is -3.36. The van der Waals surface area contributed by atoms with E-state index >= 15 is 0 Å². The minimum Gasteiger partial charge on any atom is -0.507 e. The molecule has 1 unspecified atom stereocenters. The van der Waals surface area contributed by atoms with E-state index in [1.807, 2.05) is 55.5 Å². The number of phenolic OH excluding ortho intramolecular Hbond substituents is 1. The third kappa shape index (κ3) is 4.45. The number of rotatable bonds is 5. The van der Waals surface area contributed by atoms with E-state index in [1.165, 1.54) is 4.90 Å². The van der Waals surface area contributed by atoms with Gasteiger partial charge >= 0.3 is 0 Å². The average Bonchev–Trinajstić information content (AvgIpc) is 2.72. The number of hydrogen-bond acceptors (Lipinski definition) is 5. The van der Waals surface area contributed by atoms with Gasteiger partial charge in [-0.1, -0.05) is 30.3 Å². The maximum Gasteiger partial charge on any atom is 0.257 e. The van der Waals surface area contributed by atoms with Gasteiger partial charge in [-0.25, -0.2) is 13.6 Å². The van der Waals surface area contributed by atoms with Crippen LogP contribution in [0, 0.1) is 0 Å². The van der Waals surface area contributed by atoms with Gasteiger partial charge in [-0.3, -0.25) is 4.79 Å². The number of hydrogen-bond donors (Lipinski definition) is 3. The minimum absolute atomic E-state index is 0.134. The molecule has 3 aromatic carbocycles. The minimum atomic E-state index is -4.00. The molecule has 3 rings (SSSR count). The lowest BCUT2D eigenvalue weighted by Crippen LogP contribution is -2.30. The lowest BCUT2D eigenvalue weighted by atomic mass is 9.99. The fourth-order valence-electron chi connectivity index (χ4n) is 3.11. The van der Waals surface area contributed by atoms with Crippen LogP contribution in [0.3, 0.4) is 0 Å². The highest BCUT2D eigenvalue weighted by Gasteiger charge is 2.23. The van der Waals surface area contributed by atoms with Crippen LogP contribution in [0.5, 0.6) is 5.75 Å². The molecule has 0 saturated carbocycles. The molecule has 7 nitrogen and oxygen atoms in total. The number of amides is 1. The molecule has 1 amide bonds. The van der Waals surface area contributed by atoms with Crippen LogP contribution >= 0.6 is 0 Å². The van der Waals surface area contributed by atoms with Gasteiger partial charge in [0, 0.05) is 12.7 Å². The summed E-state index contributed by atoms with van der Waals surface area (Å²) in [6.07, 6.45) is 0. The highest BCUT2D eigenvalue weighted by atomic mass is 32.2. The van der Waals surface area contributed by atoms with E-state index in [4.69, 9.17) is 10.9 Å². The van der Waals surface area contributed by atoms with Crippen LogP contribution in [0.25, 0.3) is 11.1 Å². The van der Waals surface area contributed by atoms with Crippen LogP contribution in [-0.2, 0) is 10.0 Å². The highest BCUT2D eigenvalue weighted by molar-refractivity contribution is 7.89. The third-order valence-electron chi connectivity index (χ3n) is 5.04. The molecule has 1 atom stereocenters. The van der Waals surface area contributed by atoms with Crippen molar-refractivity contribution in [1.29, 1.82) is 0 Å². The maximum atomic E-state index is 13.0. The molecule has 0 heterocycles. The van der Waals surface area contributed by atoms with Crippen LogP contribution in [0.2, 0.25) is 0 Å². The lowest BCUT2D eigenvalue weighted by molar-refractivity contribution is 0.0739. The van der Waals surface area contributed by atoms with Gasteiger partial charge in [-0.05, 0) is 60.0 Å². The second-order valence-corrected chi connectivity index (χ2v) is 8.62. The monoisotopic (exact) mass is 425 g/mol. The Kier molecular flexibility index (Phi) is 5.82. The second-order valence-electron chi connectivity index (χ2n) is 7.06. The van der Waals surface area contributed by atoms with E-state index in [2.05, 4.69) is 0 Å². The largest absolute Gasteiger partial charge is 0.507 e. The molecule has 0 spiro atoms. The summed E-state index contributed by atoms with van der Waals surface area (Å²) in [5.41, 5.74) is 9.13. The van der Waals surface area contributed by atoms with Crippen molar-refractivity contribution in [3.63, 3.8) is 0 Å². The van der Waals surface area contributed by atoms with E-state index in [-0.39, 0.29) is 22.3 Å². The fraction of sp³-hybridized carbons (Fsp3) is 0.136. The smallest absolute Gasteiger partial charge is 0.257 e. The Morgan fingerprint density at radius 1 is 1.00 bits per heavy atom. The summed E-state index contributed by atoms with van der Waals surface area (Å²) in [5.74, 6) is -0.842. The van der Waals surface area contributed by atoms with Crippen LogP contribution in [0.1, 0.15) is 28.9 Å². The van der Waals surface area contributed by atoms with Gasteiger partial charge in [0.2, 0.25) is 10.0 Å². The summed E-state index contributed by atoms with van der Waals surface area (Å²) in [6, 6.07) is 18.3. The number of carbonyl (C=O) groups excluding carboxylic acids is 1. The Morgan fingerprint density at radius 3 is 2.30 bits per heavy atom. The first-order valence-electron chi connectivity index (χ1n) is 9.17. The Balaban J connectivity index is 1.91. The van der Waals surface area contributed by atoms with E-state index in [9.17, 15) is 18.3 Å². The van der Waals surface area contributed by atoms with Crippen molar-refractivity contribution in [2.75, 3.05) is 12.8 Å². The SMILES string of the molecule is CC(c1cccc(-c2ccc(N)cc2)c1)N(C)C(=O)c1cc(S(N)(=O)=O)ccc1O. The van der Waals surface area contributed by atoms with Crippen molar-refractivity contribution in [2.24, 2.45) is 5.14 Å². The molecule has 8 heteroatoms. The predicted octanol–water partition coefficient (Wildman–Crippen LogP) is 3.12. The molecule has 5 N–H and O–H groups in total. The molecule has 0 aromatic heterocycles.